The second kappa shape index (κ2) is 5.96. The first-order valence-corrected chi connectivity index (χ1v) is 9.22. The lowest BCUT2D eigenvalue weighted by molar-refractivity contribution is -0.118. The van der Waals surface area contributed by atoms with Gasteiger partial charge in [-0.15, -0.1) is 0 Å². The molecular formula is C21H26O4. The van der Waals surface area contributed by atoms with Gasteiger partial charge in [-0.2, -0.15) is 0 Å². The number of ether oxygens (including phenoxy) is 2. The number of fused-ring (bicyclic) bond motifs is 5. The van der Waals surface area contributed by atoms with Crippen LogP contribution >= 0.6 is 0 Å². The van der Waals surface area contributed by atoms with Crippen LogP contribution in [0.1, 0.15) is 35.6 Å². The zero-order valence-corrected chi connectivity index (χ0v) is 15.3. The van der Waals surface area contributed by atoms with E-state index in [1.54, 1.807) is 0 Å². The second-order valence-corrected chi connectivity index (χ2v) is 7.74. The minimum Gasteiger partial charge on any atom is -0.511 e. The largest absolute Gasteiger partial charge is 0.511 e. The molecular weight excluding hydrogens is 316 g/mol. The number of aryl methyl sites for hydroxylation is 3. The fourth-order valence-electron chi connectivity index (χ4n) is 5.22. The van der Waals surface area contributed by atoms with Gasteiger partial charge in [0.1, 0.15) is 5.76 Å². The summed E-state index contributed by atoms with van der Waals surface area (Å²) in [6.07, 6.45) is 0.664. The van der Waals surface area contributed by atoms with E-state index in [1.165, 1.54) is 5.56 Å². The standard InChI is InChI=1S/C21H26O4/c1-5-24-9-13-8-14-16-18(21(13)25-14)20(23)17(19(16)22)15-11(3)6-10(2)7-12(15)4/h6-7,13-14,16,18,21,23H,5,8-9H2,1-4H3/t13-,14?,16+,18-,21?/m1/s1. The number of carbonyl (C=O) groups is 1. The Morgan fingerprint density at radius 1 is 1.20 bits per heavy atom. The molecule has 1 aromatic rings. The van der Waals surface area contributed by atoms with Gasteiger partial charge in [0.25, 0.3) is 0 Å². The Labute approximate surface area is 148 Å². The van der Waals surface area contributed by atoms with Crippen LogP contribution in [0.5, 0.6) is 0 Å². The highest BCUT2D eigenvalue weighted by Crippen LogP contribution is 2.55. The van der Waals surface area contributed by atoms with Gasteiger partial charge in [-0.1, -0.05) is 17.7 Å². The predicted molar refractivity (Wildman–Crippen MR) is 95.4 cm³/mol. The first-order valence-electron chi connectivity index (χ1n) is 9.22. The fourth-order valence-corrected chi connectivity index (χ4v) is 5.22. The zero-order chi connectivity index (χ0) is 17.9. The summed E-state index contributed by atoms with van der Waals surface area (Å²) in [6.45, 7) is 9.38. The molecule has 2 bridgehead atoms. The van der Waals surface area contributed by atoms with Crippen molar-refractivity contribution in [3.63, 3.8) is 0 Å². The number of hydrogen-bond acceptors (Lipinski definition) is 4. The molecule has 2 fully saturated rings. The number of aliphatic hydroxyl groups excluding tert-OH is 1. The molecule has 0 aromatic heterocycles. The molecule has 1 N–H and O–H groups in total. The smallest absolute Gasteiger partial charge is 0.173 e. The van der Waals surface area contributed by atoms with Crippen molar-refractivity contribution >= 4 is 11.4 Å². The molecule has 4 rings (SSSR count). The van der Waals surface area contributed by atoms with Gasteiger partial charge in [0.2, 0.25) is 0 Å². The van der Waals surface area contributed by atoms with E-state index in [9.17, 15) is 9.90 Å². The average Bonchev–Trinajstić information content (AvgIpc) is 3.18. The Bertz CT molecular complexity index is 740. The highest BCUT2D eigenvalue weighted by atomic mass is 16.5. The van der Waals surface area contributed by atoms with E-state index in [2.05, 4.69) is 19.1 Å². The lowest BCUT2D eigenvalue weighted by atomic mass is 9.75. The van der Waals surface area contributed by atoms with Crippen LogP contribution in [-0.4, -0.2) is 36.3 Å². The van der Waals surface area contributed by atoms with Crippen LogP contribution in [0, 0.1) is 38.5 Å². The van der Waals surface area contributed by atoms with Crippen molar-refractivity contribution in [2.24, 2.45) is 17.8 Å². The summed E-state index contributed by atoms with van der Waals surface area (Å²) < 4.78 is 11.6. The number of hydrogen-bond donors (Lipinski definition) is 1. The maximum Gasteiger partial charge on any atom is 0.173 e. The number of benzene rings is 1. The lowest BCUT2D eigenvalue weighted by Gasteiger charge is -2.27. The van der Waals surface area contributed by atoms with Crippen LogP contribution < -0.4 is 0 Å². The molecule has 0 radical (unpaired) electrons. The molecule has 0 saturated carbocycles. The minimum atomic E-state index is -0.224. The summed E-state index contributed by atoms with van der Waals surface area (Å²) in [4.78, 5) is 13.2. The van der Waals surface area contributed by atoms with Crippen molar-refractivity contribution in [2.45, 2.75) is 46.3 Å². The third-order valence-corrected chi connectivity index (χ3v) is 6.06. The quantitative estimate of drug-likeness (QED) is 0.910. The number of Topliss-reactive ketones (excluding diaryl/α,β-unsaturated/α-hetero) is 1. The molecule has 25 heavy (non-hydrogen) atoms. The average molecular weight is 342 g/mol. The third kappa shape index (κ3) is 2.38. The molecule has 2 saturated heterocycles. The fraction of sp³-hybridized carbons (Fsp3) is 0.571. The summed E-state index contributed by atoms with van der Waals surface area (Å²) in [6, 6.07) is 4.15. The molecule has 134 valence electrons. The van der Waals surface area contributed by atoms with Crippen LogP contribution in [0.4, 0.5) is 0 Å². The first-order chi connectivity index (χ1) is 11.9. The molecule has 2 unspecified atom stereocenters. The van der Waals surface area contributed by atoms with Gasteiger partial charge in [-0.05, 0) is 50.8 Å². The summed E-state index contributed by atoms with van der Waals surface area (Å²) in [5, 5.41) is 11.0. The van der Waals surface area contributed by atoms with E-state index >= 15 is 0 Å². The Hall–Kier alpha value is -1.65. The van der Waals surface area contributed by atoms with Gasteiger partial charge in [0, 0.05) is 12.5 Å². The molecule has 5 atom stereocenters. The van der Waals surface area contributed by atoms with Gasteiger partial charge < -0.3 is 14.6 Å². The van der Waals surface area contributed by atoms with E-state index in [4.69, 9.17) is 9.47 Å². The molecule has 1 aliphatic carbocycles. The Kier molecular flexibility index (Phi) is 4.00. The van der Waals surface area contributed by atoms with Gasteiger partial charge in [-0.3, -0.25) is 4.79 Å². The Balaban J connectivity index is 1.73. The maximum atomic E-state index is 13.2. The number of ketones is 1. The maximum absolute atomic E-state index is 13.2. The van der Waals surface area contributed by atoms with E-state index < -0.39 is 0 Å². The first kappa shape index (κ1) is 16.8. The molecule has 4 heteroatoms. The normalized spacial score (nSPS) is 33.4. The van der Waals surface area contributed by atoms with Crippen molar-refractivity contribution in [1.29, 1.82) is 0 Å². The number of carbonyl (C=O) groups excluding carboxylic acids is 1. The van der Waals surface area contributed by atoms with E-state index in [1.807, 2.05) is 20.8 Å². The van der Waals surface area contributed by atoms with Crippen molar-refractivity contribution < 1.29 is 19.4 Å². The highest BCUT2D eigenvalue weighted by Gasteiger charge is 2.62. The van der Waals surface area contributed by atoms with E-state index in [0.29, 0.717) is 18.8 Å². The van der Waals surface area contributed by atoms with Crippen molar-refractivity contribution in [1.82, 2.24) is 0 Å². The van der Waals surface area contributed by atoms with Crippen LogP contribution in [-0.2, 0) is 14.3 Å². The van der Waals surface area contributed by atoms with E-state index in [-0.39, 0.29) is 41.5 Å². The van der Waals surface area contributed by atoms with Gasteiger partial charge in [0.05, 0.1) is 36.2 Å². The third-order valence-electron chi connectivity index (χ3n) is 6.06. The zero-order valence-electron chi connectivity index (χ0n) is 15.3. The SMILES string of the molecule is CCOC[C@H]1CC2OC1[C@H]1C(O)=C(c3c(C)cc(C)cc3C)C(=O)[C@@H]21. The number of allylic oxidation sites excluding steroid dienone is 1. The molecule has 0 amide bonds. The summed E-state index contributed by atoms with van der Waals surface area (Å²) in [5.41, 5.74) is 4.70. The van der Waals surface area contributed by atoms with Gasteiger partial charge >= 0.3 is 0 Å². The Morgan fingerprint density at radius 2 is 1.88 bits per heavy atom. The second-order valence-electron chi connectivity index (χ2n) is 7.74. The summed E-state index contributed by atoms with van der Waals surface area (Å²) in [7, 11) is 0. The summed E-state index contributed by atoms with van der Waals surface area (Å²) >= 11 is 0. The molecule has 2 heterocycles. The Morgan fingerprint density at radius 3 is 2.52 bits per heavy atom. The van der Waals surface area contributed by atoms with Gasteiger partial charge in [0.15, 0.2) is 5.78 Å². The molecule has 4 nitrogen and oxygen atoms in total. The number of rotatable bonds is 4. The van der Waals surface area contributed by atoms with Crippen molar-refractivity contribution in [3.05, 3.63) is 40.1 Å². The van der Waals surface area contributed by atoms with Crippen LogP contribution in [0.25, 0.3) is 5.57 Å². The monoisotopic (exact) mass is 342 g/mol. The molecule has 0 spiro atoms. The highest BCUT2D eigenvalue weighted by molar-refractivity contribution is 6.26. The molecule has 3 aliphatic rings. The molecule has 2 aliphatic heterocycles. The van der Waals surface area contributed by atoms with Crippen molar-refractivity contribution in [3.8, 4) is 0 Å². The topological polar surface area (TPSA) is 55.8 Å². The van der Waals surface area contributed by atoms with Gasteiger partial charge in [-0.25, -0.2) is 0 Å². The van der Waals surface area contributed by atoms with Crippen molar-refractivity contribution in [2.75, 3.05) is 13.2 Å². The number of aliphatic hydroxyl groups is 1. The summed E-state index contributed by atoms with van der Waals surface area (Å²) in [5.74, 6) is 0.129. The van der Waals surface area contributed by atoms with Crippen LogP contribution in [0.15, 0.2) is 17.9 Å². The lowest BCUT2D eigenvalue weighted by Crippen LogP contribution is -2.36. The predicted octanol–water partition coefficient (Wildman–Crippen LogP) is 3.52. The van der Waals surface area contributed by atoms with Crippen LogP contribution in [0.2, 0.25) is 0 Å². The van der Waals surface area contributed by atoms with Crippen LogP contribution in [0.3, 0.4) is 0 Å². The minimum absolute atomic E-state index is 0.0555. The molecule has 1 aromatic carbocycles. The van der Waals surface area contributed by atoms with E-state index in [0.717, 1.165) is 23.1 Å².